The van der Waals surface area contributed by atoms with Crippen molar-refractivity contribution in [3.05, 3.63) is 36.0 Å². The van der Waals surface area contributed by atoms with Crippen molar-refractivity contribution in [2.45, 2.75) is 113 Å². The zero-order chi connectivity index (χ0) is 36.1. The number of nitrogens with one attached hydrogen (secondary N) is 3. The highest BCUT2D eigenvalue weighted by molar-refractivity contribution is 7.90. The maximum Gasteiger partial charge on any atom is 0.407 e. The van der Waals surface area contributed by atoms with Crippen molar-refractivity contribution >= 4 is 44.6 Å². The molecule has 2 saturated carbocycles. The minimum absolute atomic E-state index is 0.00783. The van der Waals surface area contributed by atoms with E-state index in [0.717, 1.165) is 61.3 Å². The van der Waals surface area contributed by atoms with E-state index >= 15 is 0 Å². The van der Waals surface area contributed by atoms with Crippen molar-refractivity contribution < 1.29 is 37.1 Å². The first kappa shape index (κ1) is 36.4. The van der Waals surface area contributed by atoms with Gasteiger partial charge in [-0.15, -0.1) is 12.3 Å². The third-order valence-electron chi connectivity index (χ3n) is 10.5. The monoisotopic (exact) mass is 721 g/mol. The van der Waals surface area contributed by atoms with Gasteiger partial charge in [0.05, 0.1) is 18.4 Å². The van der Waals surface area contributed by atoms with Gasteiger partial charge in [0.1, 0.15) is 24.2 Å². The zero-order valence-electron chi connectivity index (χ0n) is 29.0. The van der Waals surface area contributed by atoms with Gasteiger partial charge in [-0.3, -0.25) is 19.1 Å². The number of amides is 4. The molecule has 0 spiro atoms. The molecule has 14 heteroatoms. The third kappa shape index (κ3) is 8.57. The van der Waals surface area contributed by atoms with E-state index in [2.05, 4.69) is 32.3 Å². The molecule has 274 valence electrons. The number of ether oxygens (including phenoxy) is 2. The van der Waals surface area contributed by atoms with E-state index in [1.54, 1.807) is 13.1 Å². The first-order valence-corrected chi connectivity index (χ1v) is 19.7. The van der Waals surface area contributed by atoms with Crippen molar-refractivity contribution in [2.24, 2.45) is 11.8 Å². The number of alkyl carbamates (subject to hydrolysis) is 1. The summed E-state index contributed by atoms with van der Waals surface area (Å²) in [4.78, 5) is 61.2. The fourth-order valence-corrected chi connectivity index (χ4v) is 8.81. The molecule has 51 heavy (non-hydrogen) atoms. The summed E-state index contributed by atoms with van der Waals surface area (Å²) in [7, 11) is -3.92. The molecule has 3 heterocycles. The first-order chi connectivity index (χ1) is 24.6. The third-order valence-corrected chi connectivity index (χ3v) is 12.4. The number of cyclic esters (lactones) is 1. The van der Waals surface area contributed by atoms with Gasteiger partial charge in [0, 0.05) is 23.9 Å². The van der Waals surface area contributed by atoms with Gasteiger partial charge in [0.15, 0.2) is 0 Å². The van der Waals surface area contributed by atoms with Crippen LogP contribution < -0.4 is 20.1 Å². The van der Waals surface area contributed by atoms with Crippen LogP contribution in [0, 0.1) is 24.2 Å². The van der Waals surface area contributed by atoms with Gasteiger partial charge in [-0.25, -0.2) is 18.2 Å². The average molecular weight is 722 g/mol. The van der Waals surface area contributed by atoms with Crippen LogP contribution in [-0.4, -0.2) is 84.7 Å². The number of rotatable bonds is 8. The van der Waals surface area contributed by atoms with Crippen LogP contribution in [0.2, 0.25) is 0 Å². The number of benzene rings is 1. The molecule has 13 nitrogen and oxygen atoms in total. The van der Waals surface area contributed by atoms with Crippen molar-refractivity contribution in [1.29, 1.82) is 0 Å². The Morgan fingerprint density at radius 3 is 2.61 bits per heavy atom. The second-order valence-corrected chi connectivity index (χ2v) is 16.1. The lowest BCUT2D eigenvalue weighted by atomic mass is 9.95. The molecule has 1 aromatic heterocycles. The fourth-order valence-electron chi connectivity index (χ4n) is 7.48. The van der Waals surface area contributed by atoms with Gasteiger partial charge in [-0.2, -0.15) is 0 Å². The number of fused-ring (bicyclic) bond motifs is 3. The fraction of sp³-hybridized carbons (Fsp3) is 0.595. The van der Waals surface area contributed by atoms with E-state index in [0.29, 0.717) is 25.1 Å². The summed E-state index contributed by atoms with van der Waals surface area (Å²) in [6.07, 6.45) is 13.8. The van der Waals surface area contributed by atoms with E-state index in [9.17, 15) is 27.6 Å². The lowest BCUT2D eigenvalue weighted by Gasteiger charge is -2.32. The summed E-state index contributed by atoms with van der Waals surface area (Å²) in [5.41, 5.74) is 1.10. The standard InChI is InChI=1S/C37H47N5O8S/c1-3-24(4-2)31(34(44)41-51(47,48)28-15-16-28)39-33(43)30-21-27-22-42(30)36(45)32(26-11-7-8-12-26)40-37(46)49-19-9-5-6-10-23-13-14-25-17-18-38-35(50-27)29(25)20-23/h1,13-14,17-18,20,24,26-28,30-32H,4-12,15-16,19,21-22H2,2H3,(H,39,43)(H,40,46)(H,41,44)/t24-,27+,30-,31?,32-/m0/s1. The summed E-state index contributed by atoms with van der Waals surface area (Å²) in [6.45, 7) is 1.96. The summed E-state index contributed by atoms with van der Waals surface area (Å²) >= 11 is 0. The molecule has 1 unspecified atom stereocenters. The molecule has 4 bridgehead atoms. The van der Waals surface area contributed by atoms with Gasteiger partial charge in [0.25, 0.3) is 5.91 Å². The maximum absolute atomic E-state index is 14.5. The highest BCUT2D eigenvalue weighted by atomic mass is 32.2. The Morgan fingerprint density at radius 1 is 1.10 bits per heavy atom. The van der Waals surface area contributed by atoms with Crippen LogP contribution in [0.15, 0.2) is 30.5 Å². The summed E-state index contributed by atoms with van der Waals surface area (Å²) in [5.74, 6) is -0.150. The Morgan fingerprint density at radius 2 is 1.88 bits per heavy atom. The lowest BCUT2D eigenvalue weighted by Crippen LogP contribution is -2.59. The molecule has 2 aromatic rings. The summed E-state index contributed by atoms with van der Waals surface area (Å²) in [6, 6.07) is 4.59. The number of nitrogens with zero attached hydrogens (tertiary/aromatic N) is 2. The Balaban J connectivity index is 1.33. The van der Waals surface area contributed by atoms with Crippen LogP contribution in [0.25, 0.3) is 10.8 Å². The van der Waals surface area contributed by atoms with Crippen LogP contribution in [0.5, 0.6) is 5.88 Å². The number of sulfonamides is 1. The van der Waals surface area contributed by atoms with Crippen LogP contribution in [-0.2, 0) is 35.6 Å². The maximum atomic E-state index is 14.5. The minimum atomic E-state index is -3.92. The van der Waals surface area contributed by atoms with E-state index in [-0.39, 0.29) is 31.9 Å². The molecule has 3 fully saturated rings. The SMILES string of the molecule is C#C[C@@H](CC)C(NC(=O)[C@@H]1C[C@@H]2CN1C(=O)[C@H](C1CCCC1)NC(=O)OCCCCCc1ccc3ccnc(c3c1)O2)C(=O)NS(=O)(=O)C1CC1. The highest BCUT2D eigenvalue weighted by Gasteiger charge is 2.47. The Labute approximate surface area is 299 Å². The van der Waals surface area contributed by atoms with Gasteiger partial charge >= 0.3 is 6.09 Å². The molecule has 5 atom stereocenters. The molecule has 1 aromatic carbocycles. The second-order valence-electron chi connectivity index (χ2n) is 14.1. The van der Waals surface area contributed by atoms with Crippen molar-refractivity contribution in [3.63, 3.8) is 0 Å². The number of aromatic nitrogens is 1. The van der Waals surface area contributed by atoms with Gasteiger partial charge in [-0.05, 0) is 86.8 Å². The number of carbonyl (C=O) groups excluding carboxylic acids is 4. The second kappa shape index (κ2) is 15.9. The number of hydrogen-bond donors (Lipinski definition) is 3. The largest absolute Gasteiger partial charge is 0.472 e. The molecule has 1 saturated heterocycles. The van der Waals surface area contributed by atoms with E-state index in [4.69, 9.17) is 15.9 Å². The Bertz CT molecular complexity index is 1780. The molecule has 2 aliphatic carbocycles. The van der Waals surface area contributed by atoms with Crippen LogP contribution in [0.4, 0.5) is 4.79 Å². The quantitative estimate of drug-likeness (QED) is 0.346. The van der Waals surface area contributed by atoms with Gasteiger partial charge in [-0.1, -0.05) is 31.9 Å². The molecule has 4 aliphatic rings. The number of carbonyl (C=O) groups is 4. The van der Waals surface area contributed by atoms with E-state index < -0.39 is 69.2 Å². The average Bonchev–Trinajstić information content (AvgIpc) is 3.69. The molecule has 4 amide bonds. The summed E-state index contributed by atoms with van der Waals surface area (Å²) < 4.78 is 39.5. The number of terminal acetylenes is 1. The molecular weight excluding hydrogens is 675 g/mol. The predicted molar refractivity (Wildman–Crippen MR) is 189 cm³/mol. The van der Waals surface area contributed by atoms with Crippen molar-refractivity contribution in [1.82, 2.24) is 25.2 Å². The van der Waals surface area contributed by atoms with Crippen molar-refractivity contribution in [2.75, 3.05) is 13.2 Å². The van der Waals surface area contributed by atoms with E-state index in [1.807, 2.05) is 18.2 Å². The minimum Gasteiger partial charge on any atom is -0.472 e. The molecule has 3 N–H and O–H groups in total. The number of hydrogen-bond acceptors (Lipinski definition) is 9. The highest BCUT2D eigenvalue weighted by Crippen LogP contribution is 2.33. The van der Waals surface area contributed by atoms with Gasteiger partial charge in [0.2, 0.25) is 27.7 Å². The first-order valence-electron chi connectivity index (χ1n) is 18.2. The number of aryl methyl sites for hydroxylation is 1. The molecular formula is C37H47N5O8S. The normalized spacial score (nSPS) is 24.7. The molecule has 6 rings (SSSR count). The van der Waals surface area contributed by atoms with Crippen molar-refractivity contribution in [3.8, 4) is 18.2 Å². The Kier molecular flexibility index (Phi) is 11.3. The summed E-state index contributed by atoms with van der Waals surface area (Å²) in [5, 5.41) is 6.62. The topological polar surface area (TPSA) is 173 Å². The van der Waals surface area contributed by atoms with E-state index in [1.165, 1.54) is 4.90 Å². The molecule has 0 radical (unpaired) electrons. The van der Waals surface area contributed by atoms with Crippen LogP contribution in [0.3, 0.4) is 0 Å². The lowest BCUT2D eigenvalue weighted by molar-refractivity contribution is -0.141. The predicted octanol–water partition coefficient (Wildman–Crippen LogP) is 3.35. The number of pyridine rings is 1. The van der Waals surface area contributed by atoms with Crippen LogP contribution in [0.1, 0.15) is 83.1 Å². The Hall–Kier alpha value is -4.38. The van der Waals surface area contributed by atoms with Crippen LogP contribution >= 0.6 is 0 Å². The van der Waals surface area contributed by atoms with Gasteiger partial charge < -0.3 is 25.0 Å². The zero-order valence-corrected chi connectivity index (χ0v) is 29.8. The smallest absolute Gasteiger partial charge is 0.407 e. The molecule has 2 aliphatic heterocycles.